The number of halogens is 1. The van der Waals surface area contributed by atoms with Gasteiger partial charge >= 0.3 is 0 Å². The number of fused-ring (bicyclic) bond motifs is 1. The molecule has 3 N–H and O–H groups in total. The Labute approximate surface area is 203 Å². The lowest BCUT2D eigenvalue weighted by atomic mass is 10.0. The van der Waals surface area contributed by atoms with Gasteiger partial charge in [0.2, 0.25) is 0 Å². The number of nitrogens with two attached hydrogens (primary N) is 1. The SMILES string of the molecule is Cc1cc(-c2cn(C3CCCC3)c3ncnc(N)c23)ccc1NS(=O)c1ccc(I)cc1. The second kappa shape index (κ2) is 8.82. The molecule has 1 fully saturated rings. The number of nitrogens with zero attached hydrogens (tertiary/aromatic N) is 3. The van der Waals surface area contributed by atoms with Crippen molar-refractivity contribution in [1.82, 2.24) is 14.5 Å². The van der Waals surface area contributed by atoms with Crippen LogP contribution < -0.4 is 10.5 Å². The van der Waals surface area contributed by atoms with Crippen molar-refractivity contribution in [3.05, 3.63) is 64.1 Å². The van der Waals surface area contributed by atoms with Gasteiger partial charge in [0.05, 0.1) is 10.3 Å². The van der Waals surface area contributed by atoms with E-state index >= 15 is 0 Å². The van der Waals surface area contributed by atoms with E-state index in [4.69, 9.17) is 5.73 Å². The molecule has 1 aliphatic rings. The third-order valence-corrected chi connectivity index (χ3v) is 7.95. The van der Waals surface area contributed by atoms with Gasteiger partial charge in [0.1, 0.15) is 28.8 Å². The number of anilines is 2. The minimum absolute atomic E-state index is 0.457. The number of rotatable bonds is 5. The number of hydrogen-bond donors (Lipinski definition) is 2. The summed E-state index contributed by atoms with van der Waals surface area (Å²) in [5.41, 5.74) is 11.1. The summed E-state index contributed by atoms with van der Waals surface area (Å²) < 4.78 is 19.3. The molecule has 2 heterocycles. The van der Waals surface area contributed by atoms with Gasteiger partial charge in [-0.05, 0) is 89.9 Å². The molecule has 32 heavy (non-hydrogen) atoms. The van der Waals surface area contributed by atoms with E-state index in [-0.39, 0.29) is 0 Å². The Morgan fingerprint density at radius 2 is 1.88 bits per heavy atom. The molecule has 6 nitrogen and oxygen atoms in total. The van der Waals surface area contributed by atoms with Crippen LogP contribution in [0.5, 0.6) is 0 Å². The molecule has 0 radical (unpaired) electrons. The van der Waals surface area contributed by atoms with E-state index in [0.717, 1.165) is 41.9 Å². The van der Waals surface area contributed by atoms with Gasteiger partial charge in [0.25, 0.3) is 0 Å². The fourth-order valence-electron chi connectivity index (χ4n) is 4.45. The third-order valence-electron chi connectivity index (χ3n) is 6.12. The zero-order valence-electron chi connectivity index (χ0n) is 17.7. The van der Waals surface area contributed by atoms with Gasteiger partial charge in [0, 0.05) is 27.1 Å². The van der Waals surface area contributed by atoms with Crippen molar-refractivity contribution in [3.63, 3.8) is 0 Å². The molecule has 1 atom stereocenters. The molecule has 1 aliphatic carbocycles. The summed E-state index contributed by atoms with van der Waals surface area (Å²) in [6.07, 6.45) is 8.55. The maximum absolute atomic E-state index is 12.8. The number of nitrogens with one attached hydrogen (secondary N) is 1. The highest BCUT2D eigenvalue weighted by molar-refractivity contribution is 14.1. The topological polar surface area (TPSA) is 85.8 Å². The molecule has 0 bridgehead atoms. The van der Waals surface area contributed by atoms with Crippen LogP contribution in [0.1, 0.15) is 37.3 Å². The zero-order valence-corrected chi connectivity index (χ0v) is 20.7. The normalized spacial score (nSPS) is 15.3. The first-order valence-corrected chi connectivity index (χ1v) is 12.9. The summed E-state index contributed by atoms with van der Waals surface area (Å²) in [6, 6.07) is 14.3. The van der Waals surface area contributed by atoms with Crippen LogP contribution in [-0.4, -0.2) is 18.7 Å². The first kappa shape index (κ1) is 21.4. The van der Waals surface area contributed by atoms with E-state index in [2.05, 4.69) is 54.1 Å². The Hall–Kier alpha value is -2.46. The minimum Gasteiger partial charge on any atom is -0.383 e. The maximum atomic E-state index is 12.8. The minimum atomic E-state index is -1.33. The predicted octanol–water partition coefficient (Wildman–Crippen LogP) is 5.84. The molecule has 0 amide bonds. The summed E-state index contributed by atoms with van der Waals surface area (Å²) in [7, 11) is -1.33. The van der Waals surface area contributed by atoms with Crippen LogP contribution in [0, 0.1) is 10.5 Å². The summed E-state index contributed by atoms with van der Waals surface area (Å²) in [4.78, 5) is 9.57. The molecule has 4 aromatic rings. The highest BCUT2D eigenvalue weighted by atomic mass is 127. The van der Waals surface area contributed by atoms with Crippen LogP contribution in [0.3, 0.4) is 0 Å². The first-order chi connectivity index (χ1) is 15.5. The van der Waals surface area contributed by atoms with E-state index in [1.165, 1.54) is 25.7 Å². The average molecular weight is 557 g/mol. The van der Waals surface area contributed by atoms with Crippen LogP contribution in [0.15, 0.2) is 59.9 Å². The maximum Gasteiger partial charge on any atom is 0.150 e. The summed E-state index contributed by atoms with van der Waals surface area (Å²) in [5, 5.41) is 0.905. The average Bonchev–Trinajstić information content (AvgIpc) is 3.44. The van der Waals surface area contributed by atoms with Gasteiger partial charge in [-0.2, -0.15) is 0 Å². The Morgan fingerprint density at radius 1 is 1.12 bits per heavy atom. The molecule has 1 saturated carbocycles. The van der Waals surface area contributed by atoms with Crippen molar-refractivity contribution in [3.8, 4) is 11.1 Å². The number of nitrogen functional groups attached to an aromatic ring is 1. The van der Waals surface area contributed by atoms with Crippen LogP contribution >= 0.6 is 22.6 Å². The van der Waals surface area contributed by atoms with Gasteiger partial charge in [-0.3, -0.25) is 0 Å². The van der Waals surface area contributed by atoms with Crippen LogP contribution in [-0.2, 0) is 11.0 Å². The lowest BCUT2D eigenvalue weighted by Gasteiger charge is -2.12. The van der Waals surface area contributed by atoms with Gasteiger partial charge in [0.15, 0.2) is 0 Å². The fraction of sp³-hybridized carbons (Fsp3) is 0.250. The molecule has 8 heteroatoms. The van der Waals surface area contributed by atoms with E-state index in [9.17, 15) is 4.21 Å². The van der Waals surface area contributed by atoms with Crippen molar-refractivity contribution >= 4 is 56.1 Å². The first-order valence-electron chi connectivity index (χ1n) is 10.7. The van der Waals surface area contributed by atoms with Crippen molar-refractivity contribution in [2.24, 2.45) is 0 Å². The zero-order chi connectivity index (χ0) is 22.2. The molecule has 5 rings (SSSR count). The second-order valence-corrected chi connectivity index (χ2v) is 10.7. The summed E-state index contributed by atoms with van der Waals surface area (Å²) in [5.74, 6) is 0.501. The largest absolute Gasteiger partial charge is 0.383 e. The quantitative estimate of drug-likeness (QED) is 0.302. The molecule has 0 saturated heterocycles. The lowest BCUT2D eigenvalue weighted by Crippen LogP contribution is -2.06. The van der Waals surface area contributed by atoms with E-state index in [1.807, 2.05) is 43.3 Å². The standard InChI is InChI=1S/C24H24IN5OS/c1-15-12-16(6-11-21(15)29-32(31)19-9-7-17(25)8-10-19)20-13-30(18-4-2-3-5-18)24-22(20)23(26)27-14-28-24/h6-14,18,29H,2-5H2,1H3,(H2,26,27,28). The molecular weight excluding hydrogens is 533 g/mol. The van der Waals surface area contributed by atoms with E-state index in [0.29, 0.717) is 11.9 Å². The van der Waals surface area contributed by atoms with Gasteiger partial charge in [-0.25, -0.2) is 14.2 Å². The van der Waals surface area contributed by atoms with E-state index in [1.54, 1.807) is 6.33 Å². The fourth-order valence-corrected chi connectivity index (χ4v) is 5.74. The summed E-state index contributed by atoms with van der Waals surface area (Å²) >= 11 is 2.24. The van der Waals surface area contributed by atoms with Gasteiger partial charge in [-0.1, -0.05) is 18.9 Å². The molecule has 2 aromatic carbocycles. The van der Waals surface area contributed by atoms with Gasteiger partial charge < -0.3 is 15.0 Å². The Bertz CT molecular complexity index is 1310. The number of benzene rings is 2. The molecule has 0 spiro atoms. The Kier molecular flexibility index (Phi) is 5.90. The summed E-state index contributed by atoms with van der Waals surface area (Å²) in [6.45, 7) is 2.02. The van der Waals surface area contributed by atoms with Crippen molar-refractivity contribution in [2.45, 2.75) is 43.5 Å². The Balaban J connectivity index is 1.50. The highest BCUT2D eigenvalue weighted by Crippen LogP contribution is 2.39. The van der Waals surface area contributed by atoms with Crippen LogP contribution in [0.4, 0.5) is 11.5 Å². The molecule has 0 aliphatic heterocycles. The van der Waals surface area contributed by atoms with E-state index < -0.39 is 11.0 Å². The Morgan fingerprint density at radius 3 is 2.59 bits per heavy atom. The smallest absolute Gasteiger partial charge is 0.150 e. The monoisotopic (exact) mass is 557 g/mol. The predicted molar refractivity (Wildman–Crippen MR) is 139 cm³/mol. The second-order valence-electron chi connectivity index (χ2n) is 8.20. The van der Waals surface area contributed by atoms with Gasteiger partial charge in [-0.15, -0.1) is 0 Å². The van der Waals surface area contributed by atoms with Crippen LogP contribution in [0.2, 0.25) is 0 Å². The number of aryl methyl sites for hydroxylation is 1. The van der Waals surface area contributed by atoms with Crippen molar-refractivity contribution in [1.29, 1.82) is 0 Å². The third kappa shape index (κ3) is 4.01. The molecular formula is C24H24IN5OS. The number of hydrogen-bond acceptors (Lipinski definition) is 4. The molecule has 2 aromatic heterocycles. The molecule has 164 valence electrons. The molecule has 1 unspecified atom stereocenters. The van der Waals surface area contributed by atoms with Crippen LogP contribution in [0.25, 0.3) is 22.2 Å². The lowest BCUT2D eigenvalue weighted by molar-refractivity contribution is 0.532. The van der Waals surface area contributed by atoms with Crippen molar-refractivity contribution < 1.29 is 4.21 Å². The number of aromatic nitrogens is 3. The van der Waals surface area contributed by atoms with Crippen molar-refractivity contribution in [2.75, 3.05) is 10.5 Å². The highest BCUT2D eigenvalue weighted by Gasteiger charge is 2.23.